The third kappa shape index (κ3) is 4.68. The van der Waals surface area contributed by atoms with Gasteiger partial charge in [-0.15, -0.1) is 11.3 Å². The Kier molecular flexibility index (Phi) is 4.86. The zero-order valence-corrected chi connectivity index (χ0v) is 14.2. The van der Waals surface area contributed by atoms with Crippen LogP contribution in [-0.4, -0.2) is 44.0 Å². The van der Waals surface area contributed by atoms with Gasteiger partial charge in [-0.05, 0) is 35.7 Å². The summed E-state index contributed by atoms with van der Waals surface area (Å²) in [6.45, 7) is 4.89. The molecule has 6 nitrogen and oxygen atoms in total. The van der Waals surface area contributed by atoms with E-state index in [2.05, 4.69) is 27.3 Å². The number of hydrogen-bond donors (Lipinski definition) is 2. The Morgan fingerprint density at radius 2 is 1.78 bits per heavy atom. The van der Waals surface area contributed by atoms with Crippen molar-refractivity contribution in [1.29, 1.82) is 0 Å². The molecule has 1 aromatic carbocycles. The number of thiophene rings is 1. The van der Waals surface area contributed by atoms with Gasteiger partial charge in [0.15, 0.2) is 0 Å². The van der Waals surface area contributed by atoms with Gasteiger partial charge >= 0.3 is 10.3 Å². The molecule has 0 atom stereocenters. The number of anilines is 2. The van der Waals surface area contributed by atoms with Crippen molar-refractivity contribution in [2.24, 2.45) is 0 Å². The fourth-order valence-corrected chi connectivity index (χ4v) is 3.86. The largest absolute Gasteiger partial charge is 0.369 e. The molecule has 0 amide bonds. The summed E-state index contributed by atoms with van der Waals surface area (Å²) in [6.07, 6.45) is 0. The molecule has 8 heteroatoms. The van der Waals surface area contributed by atoms with Crippen molar-refractivity contribution < 1.29 is 13.0 Å². The number of nitrogens with one attached hydrogen (secondary N) is 1. The molecule has 2 N–H and O–H groups in total. The second kappa shape index (κ2) is 6.88. The van der Waals surface area contributed by atoms with Crippen LogP contribution < -0.4 is 9.62 Å². The third-order valence-electron chi connectivity index (χ3n) is 3.81. The number of rotatable bonds is 5. The molecule has 3 rings (SSSR count). The highest BCUT2D eigenvalue weighted by atomic mass is 32.2. The quantitative estimate of drug-likeness (QED) is 0.807. The van der Waals surface area contributed by atoms with Crippen molar-refractivity contribution in [3.63, 3.8) is 0 Å². The minimum atomic E-state index is -4.22. The molecule has 23 heavy (non-hydrogen) atoms. The molecular formula is C15H19N3O3S2. The summed E-state index contributed by atoms with van der Waals surface area (Å²) in [6, 6.07) is 11.3. The van der Waals surface area contributed by atoms with Gasteiger partial charge < -0.3 is 4.90 Å². The summed E-state index contributed by atoms with van der Waals surface area (Å²) in [5.74, 6) is 0. The van der Waals surface area contributed by atoms with Crippen LogP contribution in [0.15, 0.2) is 41.8 Å². The molecule has 1 saturated heterocycles. The molecule has 1 aliphatic rings. The summed E-state index contributed by atoms with van der Waals surface area (Å²) >= 11 is 1.79. The van der Waals surface area contributed by atoms with Crippen molar-refractivity contribution in [2.75, 3.05) is 35.8 Å². The Hall–Kier alpha value is -1.61. The van der Waals surface area contributed by atoms with Crippen LogP contribution in [0.25, 0.3) is 0 Å². The van der Waals surface area contributed by atoms with Crippen molar-refractivity contribution in [3.8, 4) is 0 Å². The van der Waals surface area contributed by atoms with Crippen LogP contribution in [0, 0.1) is 0 Å². The van der Waals surface area contributed by atoms with Gasteiger partial charge in [-0.3, -0.25) is 14.2 Å². The molecule has 124 valence electrons. The average molecular weight is 353 g/mol. The van der Waals surface area contributed by atoms with Crippen LogP contribution in [0.4, 0.5) is 11.4 Å². The normalized spacial score (nSPS) is 16.5. The molecule has 0 spiro atoms. The monoisotopic (exact) mass is 353 g/mol. The fourth-order valence-electron chi connectivity index (χ4n) is 2.68. The van der Waals surface area contributed by atoms with Crippen LogP contribution >= 0.6 is 11.3 Å². The highest BCUT2D eigenvalue weighted by molar-refractivity contribution is 7.87. The van der Waals surface area contributed by atoms with Gasteiger partial charge in [0.25, 0.3) is 0 Å². The summed E-state index contributed by atoms with van der Waals surface area (Å²) in [4.78, 5) is 6.11. The van der Waals surface area contributed by atoms with E-state index in [4.69, 9.17) is 4.55 Å². The maximum absolute atomic E-state index is 10.8. The van der Waals surface area contributed by atoms with Crippen molar-refractivity contribution in [2.45, 2.75) is 6.54 Å². The van der Waals surface area contributed by atoms with Crippen LogP contribution in [-0.2, 0) is 16.8 Å². The molecular weight excluding hydrogens is 334 g/mol. The highest BCUT2D eigenvalue weighted by Gasteiger charge is 2.17. The minimum absolute atomic E-state index is 0.354. The maximum Gasteiger partial charge on any atom is 0.357 e. The number of nitrogens with zero attached hydrogens (tertiary/aromatic N) is 2. The predicted molar refractivity (Wildman–Crippen MR) is 93.4 cm³/mol. The van der Waals surface area contributed by atoms with E-state index in [1.165, 1.54) is 4.88 Å². The molecule has 2 aromatic rings. The van der Waals surface area contributed by atoms with Gasteiger partial charge in [0, 0.05) is 43.3 Å². The Balaban J connectivity index is 1.55. The number of piperazine rings is 1. The molecule has 0 aliphatic carbocycles. The van der Waals surface area contributed by atoms with E-state index in [1.807, 2.05) is 16.9 Å². The van der Waals surface area contributed by atoms with E-state index in [0.717, 1.165) is 38.4 Å². The lowest BCUT2D eigenvalue weighted by atomic mass is 10.2. The first-order chi connectivity index (χ1) is 11.0. The lowest BCUT2D eigenvalue weighted by Gasteiger charge is -2.36. The van der Waals surface area contributed by atoms with Crippen LogP contribution in [0.5, 0.6) is 0 Å². The summed E-state index contributed by atoms with van der Waals surface area (Å²) in [5.41, 5.74) is 1.41. The van der Waals surface area contributed by atoms with Gasteiger partial charge in [-0.25, -0.2) is 0 Å². The van der Waals surface area contributed by atoms with E-state index >= 15 is 0 Å². The molecule has 0 unspecified atom stereocenters. The number of benzene rings is 1. The van der Waals surface area contributed by atoms with Crippen molar-refractivity contribution in [1.82, 2.24) is 4.90 Å². The second-order valence-electron chi connectivity index (χ2n) is 5.47. The van der Waals surface area contributed by atoms with Crippen LogP contribution in [0.3, 0.4) is 0 Å². The molecule has 0 radical (unpaired) electrons. The molecule has 0 bridgehead atoms. The zero-order valence-electron chi connectivity index (χ0n) is 12.6. The van der Waals surface area contributed by atoms with Gasteiger partial charge in [-0.1, -0.05) is 6.07 Å². The van der Waals surface area contributed by atoms with E-state index < -0.39 is 10.3 Å². The summed E-state index contributed by atoms with van der Waals surface area (Å²) in [7, 11) is -4.22. The minimum Gasteiger partial charge on any atom is -0.369 e. The number of hydrogen-bond acceptors (Lipinski definition) is 5. The van der Waals surface area contributed by atoms with E-state index in [1.54, 1.807) is 23.5 Å². The van der Waals surface area contributed by atoms with Crippen LogP contribution in [0.1, 0.15) is 4.88 Å². The Bertz CT molecular complexity index is 722. The van der Waals surface area contributed by atoms with E-state index in [0.29, 0.717) is 5.69 Å². The molecule has 1 fully saturated rings. The maximum atomic E-state index is 10.8. The summed E-state index contributed by atoms with van der Waals surface area (Å²) < 4.78 is 32.4. The van der Waals surface area contributed by atoms with E-state index in [9.17, 15) is 8.42 Å². The second-order valence-corrected chi connectivity index (χ2v) is 7.65. The lowest BCUT2D eigenvalue weighted by Crippen LogP contribution is -2.45. The smallest absolute Gasteiger partial charge is 0.357 e. The zero-order chi connectivity index (χ0) is 16.3. The lowest BCUT2D eigenvalue weighted by molar-refractivity contribution is 0.252. The summed E-state index contributed by atoms with van der Waals surface area (Å²) in [5, 5.41) is 2.10. The Morgan fingerprint density at radius 1 is 1.09 bits per heavy atom. The molecule has 2 heterocycles. The first kappa shape index (κ1) is 16.3. The van der Waals surface area contributed by atoms with Gasteiger partial charge in [0.1, 0.15) is 0 Å². The molecule has 1 aliphatic heterocycles. The van der Waals surface area contributed by atoms with E-state index in [-0.39, 0.29) is 0 Å². The van der Waals surface area contributed by atoms with Gasteiger partial charge in [0.05, 0.1) is 5.69 Å². The Morgan fingerprint density at radius 3 is 2.35 bits per heavy atom. The van der Waals surface area contributed by atoms with Crippen LogP contribution in [0.2, 0.25) is 0 Å². The van der Waals surface area contributed by atoms with Gasteiger partial charge in [-0.2, -0.15) is 8.42 Å². The SMILES string of the molecule is O=S(=O)(O)Nc1ccc(N2CCN(Cc3cccs3)CC2)cc1. The van der Waals surface area contributed by atoms with Crippen molar-refractivity contribution >= 4 is 33.0 Å². The average Bonchev–Trinajstić information content (AvgIpc) is 3.00. The highest BCUT2D eigenvalue weighted by Crippen LogP contribution is 2.21. The predicted octanol–water partition coefficient (Wildman–Crippen LogP) is 2.29. The fraction of sp³-hybridized carbons (Fsp3) is 0.333. The molecule has 0 saturated carbocycles. The van der Waals surface area contributed by atoms with Crippen molar-refractivity contribution in [3.05, 3.63) is 46.7 Å². The Labute approximate surface area is 140 Å². The molecule has 1 aromatic heterocycles. The third-order valence-corrected chi connectivity index (χ3v) is 5.17. The topological polar surface area (TPSA) is 72.9 Å². The van der Waals surface area contributed by atoms with Gasteiger partial charge in [0.2, 0.25) is 0 Å². The first-order valence-corrected chi connectivity index (χ1v) is 9.66. The first-order valence-electron chi connectivity index (χ1n) is 7.34. The standard InChI is InChI=1S/C15H19N3O3S2/c19-23(20,21)16-13-3-5-14(6-4-13)18-9-7-17(8-10-18)12-15-2-1-11-22-15/h1-6,11,16H,7-10,12H2,(H,19,20,21).